The Hall–Kier alpha value is -0.960. The van der Waals surface area contributed by atoms with Crippen molar-refractivity contribution in [3.8, 4) is 0 Å². The largest absolute Gasteiger partial charge is 0.465 e. The summed E-state index contributed by atoms with van der Waals surface area (Å²) >= 11 is 1.58. The number of carbonyl (C=O) groups excluding carboxylic acids is 1. The van der Waals surface area contributed by atoms with Gasteiger partial charge >= 0.3 is 0 Å². The van der Waals surface area contributed by atoms with Crippen molar-refractivity contribution in [1.29, 1.82) is 0 Å². The molecule has 0 aromatic carbocycles. The fraction of sp³-hybridized carbons (Fsp3) is 0.364. The van der Waals surface area contributed by atoms with Gasteiger partial charge in [-0.05, 0) is 30.4 Å². The molecule has 0 unspecified atom stereocenters. The highest BCUT2D eigenvalue weighted by Gasteiger charge is 1.98. The van der Waals surface area contributed by atoms with Crippen LogP contribution in [0.3, 0.4) is 0 Å². The molecule has 14 heavy (non-hydrogen) atoms. The second-order valence-corrected chi connectivity index (χ2v) is 4.05. The van der Waals surface area contributed by atoms with E-state index in [-0.39, 0.29) is 0 Å². The van der Waals surface area contributed by atoms with Crippen LogP contribution in [0.4, 0.5) is 0 Å². The summed E-state index contributed by atoms with van der Waals surface area (Å²) < 4.78 is 5.12. The number of allylic oxidation sites excluding steroid dienone is 1. The molecule has 0 fully saturated rings. The first-order chi connectivity index (χ1) is 6.86. The molecule has 3 heteroatoms. The van der Waals surface area contributed by atoms with E-state index in [1.54, 1.807) is 24.1 Å². The predicted octanol–water partition coefficient (Wildman–Crippen LogP) is 3.35. The molecule has 0 aliphatic rings. The highest BCUT2D eigenvalue weighted by atomic mass is 32.2. The average molecular weight is 210 g/mol. The number of furan rings is 1. The van der Waals surface area contributed by atoms with Crippen LogP contribution in [0, 0.1) is 0 Å². The molecule has 0 aliphatic carbocycles. The molecule has 1 aromatic heterocycles. The van der Waals surface area contributed by atoms with Crippen molar-refractivity contribution in [1.82, 2.24) is 0 Å². The molecule has 0 aliphatic heterocycles. The molecular formula is C11H14O2S. The van der Waals surface area contributed by atoms with Crippen molar-refractivity contribution in [2.45, 2.75) is 19.8 Å². The number of aldehydes is 1. The van der Waals surface area contributed by atoms with Crippen LogP contribution in [0.15, 0.2) is 27.7 Å². The summed E-state index contributed by atoms with van der Waals surface area (Å²) in [6, 6.07) is 3.65. The van der Waals surface area contributed by atoms with Crippen LogP contribution in [0.5, 0.6) is 0 Å². The van der Waals surface area contributed by atoms with Crippen LogP contribution in [0.2, 0.25) is 0 Å². The molecule has 0 bridgehead atoms. The lowest BCUT2D eigenvalue weighted by atomic mass is 10.4. The van der Waals surface area contributed by atoms with E-state index in [1.807, 2.05) is 12.1 Å². The Kier molecular flexibility index (Phi) is 5.15. The summed E-state index contributed by atoms with van der Waals surface area (Å²) in [6.07, 6.45) is 6.54. The third-order valence-electron chi connectivity index (χ3n) is 1.71. The van der Waals surface area contributed by atoms with E-state index in [4.69, 9.17) is 4.42 Å². The van der Waals surface area contributed by atoms with E-state index in [0.717, 1.165) is 35.5 Å². The predicted molar refractivity (Wildman–Crippen MR) is 60.1 cm³/mol. The second-order valence-electron chi connectivity index (χ2n) is 2.88. The number of rotatable bonds is 6. The fourth-order valence-electron chi connectivity index (χ4n) is 0.958. The summed E-state index contributed by atoms with van der Waals surface area (Å²) in [5.74, 6) is 1.72. The van der Waals surface area contributed by atoms with Crippen LogP contribution in [-0.2, 0) is 4.79 Å². The summed E-state index contributed by atoms with van der Waals surface area (Å²) in [5.41, 5.74) is 0. The lowest BCUT2D eigenvalue weighted by molar-refractivity contribution is -0.104. The Morgan fingerprint density at radius 1 is 1.64 bits per heavy atom. The van der Waals surface area contributed by atoms with Gasteiger partial charge in [0.1, 0.15) is 5.76 Å². The van der Waals surface area contributed by atoms with E-state index in [9.17, 15) is 4.79 Å². The third kappa shape index (κ3) is 3.83. The van der Waals surface area contributed by atoms with Crippen LogP contribution in [0.1, 0.15) is 25.5 Å². The molecule has 0 N–H and O–H groups in total. The second kappa shape index (κ2) is 6.49. The van der Waals surface area contributed by atoms with Crippen molar-refractivity contribution in [2.75, 3.05) is 5.75 Å². The third-order valence-corrected chi connectivity index (χ3v) is 2.75. The smallest absolute Gasteiger partial charge is 0.156 e. The molecule has 1 rings (SSSR count). The van der Waals surface area contributed by atoms with Gasteiger partial charge in [-0.25, -0.2) is 0 Å². The molecule has 0 saturated heterocycles. The SMILES string of the molecule is CCCCS/C(C=O)=C\c1ccco1. The maximum absolute atomic E-state index is 10.7. The minimum Gasteiger partial charge on any atom is -0.465 e. The van der Waals surface area contributed by atoms with Crippen molar-refractivity contribution in [2.24, 2.45) is 0 Å². The number of thioether (sulfide) groups is 1. The molecule has 0 spiro atoms. The minimum atomic E-state index is 0.730. The van der Waals surface area contributed by atoms with Crippen molar-refractivity contribution in [3.63, 3.8) is 0 Å². The fourth-order valence-corrected chi connectivity index (χ4v) is 1.89. The Balaban J connectivity index is 2.49. The standard InChI is InChI=1S/C11H14O2S/c1-2-3-7-14-11(9-12)8-10-5-4-6-13-10/h4-6,8-9H,2-3,7H2,1H3/b11-8-. The highest BCUT2D eigenvalue weighted by Crippen LogP contribution is 2.18. The summed E-state index contributed by atoms with van der Waals surface area (Å²) in [6.45, 7) is 2.14. The maximum atomic E-state index is 10.7. The average Bonchev–Trinajstić information content (AvgIpc) is 2.69. The van der Waals surface area contributed by atoms with Gasteiger partial charge in [0.2, 0.25) is 0 Å². The first-order valence-electron chi connectivity index (χ1n) is 4.70. The monoisotopic (exact) mass is 210 g/mol. The molecule has 76 valence electrons. The Bertz CT molecular complexity index is 288. The Morgan fingerprint density at radius 3 is 3.07 bits per heavy atom. The summed E-state index contributed by atoms with van der Waals surface area (Å²) in [5, 5.41) is 0. The van der Waals surface area contributed by atoms with Gasteiger partial charge in [-0.1, -0.05) is 13.3 Å². The van der Waals surface area contributed by atoms with Gasteiger partial charge in [-0.15, -0.1) is 11.8 Å². The van der Waals surface area contributed by atoms with Crippen LogP contribution in [0.25, 0.3) is 6.08 Å². The van der Waals surface area contributed by atoms with E-state index < -0.39 is 0 Å². The summed E-state index contributed by atoms with van der Waals surface area (Å²) in [4.78, 5) is 11.4. The first kappa shape index (κ1) is 11.1. The lowest BCUT2D eigenvalue weighted by Gasteiger charge is -1.97. The van der Waals surface area contributed by atoms with Gasteiger partial charge in [0.25, 0.3) is 0 Å². The minimum absolute atomic E-state index is 0.730. The molecule has 0 amide bonds. The van der Waals surface area contributed by atoms with E-state index in [2.05, 4.69) is 6.92 Å². The maximum Gasteiger partial charge on any atom is 0.156 e. The van der Waals surface area contributed by atoms with Crippen LogP contribution >= 0.6 is 11.8 Å². The molecular weight excluding hydrogens is 196 g/mol. The molecule has 2 nitrogen and oxygen atoms in total. The number of hydrogen-bond acceptors (Lipinski definition) is 3. The van der Waals surface area contributed by atoms with Gasteiger partial charge in [0, 0.05) is 0 Å². The van der Waals surface area contributed by atoms with Crippen molar-refractivity contribution < 1.29 is 9.21 Å². The molecule has 1 aromatic rings. The van der Waals surface area contributed by atoms with Gasteiger partial charge in [-0.2, -0.15) is 0 Å². The molecule has 0 atom stereocenters. The van der Waals surface area contributed by atoms with Gasteiger partial charge in [0.15, 0.2) is 6.29 Å². The van der Waals surface area contributed by atoms with Gasteiger partial charge < -0.3 is 4.42 Å². The quantitative estimate of drug-likeness (QED) is 0.410. The van der Waals surface area contributed by atoms with Gasteiger partial charge in [-0.3, -0.25) is 4.79 Å². The zero-order valence-corrected chi connectivity index (χ0v) is 9.05. The number of hydrogen-bond donors (Lipinski definition) is 0. The Morgan fingerprint density at radius 2 is 2.50 bits per heavy atom. The molecule has 0 saturated carbocycles. The Labute approximate surface area is 88.4 Å². The van der Waals surface area contributed by atoms with Gasteiger partial charge in [0.05, 0.1) is 11.2 Å². The zero-order valence-electron chi connectivity index (χ0n) is 8.23. The van der Waals surface area contributed by atoms with Crippen molar-refractivity contribution >= 4 is 24.1 Å². The normalized spacial score (nSPS) is 11.6. The molecule has 0 radical (unpaired) electrons. The van der Waals surface area contributed by atoms with E-state index in [0.29, 0.717) is 0 Å². The van der Waals surface area contributed by atoms with E-state index >= 15 is 0 Å². The number of carbonyl (C=O) groups is 1. The van der Waals surface area contributed by atoms with Crippen LogP contribution < -0.4 is 0 Å². The van der Waals surface area contributed by atoms with Crippen LogP contribution in [-0.4, -0.2) is 12.0 Å². The molecule has 1 heterocycles. The highest BCUT2D eigenvalue weighted by molar-refractivity contribution is 8.04. The number of unbranched alkanes of at least 4 members (excludes halogenated alkanes) is 1. The summed E-state index contributed by atoms with van der Waals surface area (Å²) in [7, 11) is 0. The zero-order chi connectivity index (χ0) is 10.2. The van der Waals surface area contributed by atoms with Crippen molar-refractivity contribution in [3.05, 3.63) is 29.1 Å². The van der Waals surface area contributed by atoms with E-state index in [1.165, 1.54) is 0 Å². The topological polar surface area (TPSA) is 30.2 Å². The lowest BCUT2D eigenvalue weighted by Crippen LogP contribution is -1.82. The first-order valence-corrected chi connectivity index (χ1v) is 5.68.